The molecule has 1 heteroatoms. The Labute approximate surface area is 74.5 Å². The van der Waals surface area contributed by atoms with E-state index in [2.05, 4.69) is 18.0 Å². The van der Waals surface area contributed by atoms with Crippen molar-refractivity contribution in [2.45, 2.75) is 33.6 Å². The molecule has 0 bridgehead atoms. The van der Waals surface area contributed by atoms with Crippen molar-refractivity contribution in [3.05, 3.63) is 23.6 Å². The van der Waals surface area contributed by atoms with Crippen LogP contribution < -0.4 is 0 Å². The van der Waals surface area contributed by atoms with E-state index in [-0.39, 0.29) is 5.92 Å². The fraction of sp³-hybridized carbons (Fsp3) is 0.545. The third-order valence-corrected chi connectivity index (χ3v) is 1.69. The van der Waals surface area contributed by atoms with E-state index in [4.69, 9.17) is 0 Å². The SMILES string of the molecule is C=C=C=C(C)CCC(=O)C(C)C. The Morgan fingerprint density at radius 1 is 1.42 bits per heavy atom. The second kappa shape index (κ2) is 5.60. The lowest BCUT2D eigenvalue weighted by Gasteiger charge is -2.01. The van der Waals surface area contributed by atoms with Gasteiger partial charge >= 0.3 is 0 Å². The maximum Gasteiger partial charge on any atom is 0.135 e. The quantitative estimate of drug-likeness (QED) is 0.584. The summed E-state index contributed by atoms with van der Waals surface area (Å²) in [4.78, 5) is 11.2. The van der Waals surface area contributed by atoms with E-state index in [9.17, 15) is 4.79 Å². The predicted molar refractivity (Wildman–Crippen MR) is 50.9 cm³/mol. The molecule has 0 aromatic heterocycles. The van der Waals surface area contributed by atoms with Gasteiger partial charge in [0.05, 0.1) is 0 Å². The number of hydrogen-bond donors (Lipinski definition) is 0. The Bertz CT molecular complexity index is 236. The van der Waals surface area contributed by atoms with Crippen LogP contribution in [0.5, 0.6) is 0 Å². The molecule has 0 aliphatic heterocycles. The number of hydrogen-bond acceptors (Lipinski definition) is 1. The molecule has 0 N–H and O–H groups in total. The van der Waals surface area contributed by atoms with Gasteiger partial charge in [0.25, 0.3) is 0 Å². The molecule has 0 saturated carbocycles. The summed E-state index contributed by atoms with van der Waals surface area (Å²) in [7, 11) is 0. The number of Topliss-reactive ketones (excluding diaryl/α,β-unsaturated/α-hetero) is 1. The summed E-state index contributed by atoms with van der Waals surface area (Å²) < 4.78 is 0. The molecule has 0 aromatic carbocycles. The highest BCUT2D eigenvalue weighted by atomic mass is 16.1. The van der Waals surface area contributed by atoms with Gasteiger partial charge in [0.2, 0.25) is 0 Å². The van der Waals surface area contributed by atoms with Crippen LogP contribution in [0.25, 0.3) is 0 Å². The first-order valence-electron chi connectivity index (χ1n) is 4.21. The highest BCUT2D eigenvalue weighted by molar-refractivity contribution is 5.80. The minimum Gasteiger partial charge on any atom is -0.299 e. The molecule has 0 unspecified atom stereocenters. The second-order valence-electron chi connectivity index (χ2n) is 3.20. The molecule has 0 aliphatic rings. The lowest BCUT2D eigenvalue weighted by atomic mass is 10.0. The molecular formula is C11H16O. The molecule has 0 aromatic rings. The van der Waals surface area contributed by atoms with E-state index in [1.807, 2.05) is 20.8 Å². The van der Waals surface area contributed by atoms with E-state index < -0.39 is 0 Å². The van der Waals surface area contributed by atoms with Gasteiger partial charge in [-0.1, -0.05) is 25.3 Å². The van der Waals surface area contributed by atoms with Crippen LogP contribution in [0.15, 0.2) is 23.6 Å². The van der Waals surface area contributed by atoms with Crippen molar-refractivity contribution >= 4 is 5.78 Å². The van der Waals surface area contributed by atoms with Gasteiger partial charge < -0.3 is 0 Å². The molecule has 0 heterocycles. The molecule has 1 nitrogen and oxygen atoms in total. The van der Waals surface area contributed by atoms with Crippen LogP contribution in [0.1, 0.15) is 33.6 Å². The lowest BCUT2D eigenvalue weighted by Crippen LogP contribution is -2.06. The monoisotopic (exact) mass is 164 g/mol. The molecule has 12 heavy (non-hydrogen) atoms. The highest BCUT2D eigenvalue weighted by Crippen LogP contribution is 2.06. The molecule has 0 aliphatic carbocycles. The van der Waals surface area contributed by atoms with Gasteiger partial charge in [-0.25, -0.2) is 0 Å². The van der Waals surface area contributed by atoms with Crippen LogP contribution in [0.2, 0.25) is 0 Å². The summed E-state index contributed by atoms with van der Waals surface area (Å²) in [5, 5.41) is 0. The van der Waals surface area contributed by atoms with Crippen LogP contribution in [0.4, 0.5) is 0 Å². The fourth-order valence-corrected chi connectivity index (χ4v) is 0.813. The summed E-state index contributed by atoms with van der Waals surface area (Å²) in [6.07, 6.45) is 1.39. The number of ketones is 1. The van der Waals surface area contributed by atoms with Crippen molar-refractivity contribution in [1.82, 2.24) is 0 Å². The molecule has 0 fully saturated rings. The van der Waals surface area contributed by atoms with E-state index in [0.29, 0.717) is 12.2 Å². The molecule has 0 spiro atoms. The van der Waals surface area contributed by atoms with E-state index in [0.717, 1.165) is 12.0 Å². The molecule has 0 rings (SSSR count). The summed E-state index contributed by atoms with van der Waals surface area (Å²) in [6.45, 7) is 9.20. The average molecular weight is 164 g/mol. The van der Waals surface area contributed by atoms with Gasteiger partial charge in [-0.2, -0.15) is 0 Å². The van der Waals surface area contributed by atoms with Gasteiger partial charge in [-0.3, -0.25) is 4.79 Å². The Kier molecular flexibility index (Phi) is 5.12. The van der Waals surface area contributed by atoms with E-state index in [1.165, 1.54) is 0 Å². The Morgan fingerprint density at radius 3 is 2.42 bits per heavy atom. The zero-order valence-corrected chi connectivity index (χ0v) is 8.11. The third kappa shape index (κ3) is 4.73. The van der Waals surface area contributed by atoms with Crippen molar-refractivity contribution in [1.29, 1.82) is 0 Å². The van der Waals surface area contributed by atoms with Crippen molar-refractivity contribution in [3.8, 4) is 0 Å². The van der Waals surface area contributed by atoms with Crippen LogP contribution in [0.3, 0.4) is 0 Å². The molecule has 0 saturated heterocycles. The number of carbonyl (C=O) groups excluding carboxylic acids is 1. The Balaban J connectivity index is 3.93. The average Bonchev–Trinajstić information content (AvgIpc) is 2.00. The molecule has 0 amide bonds. The predicted octanol–water partition coefficient (Wildman–Crippen LogP) is 2.88. The van der Waals surface area contributed by atoms with Gasteiger partial charge in [-0.15, -0.1) is 0 Å². The summed E-state index contributed by atoms with van der Waals surface area (Å²) in [5.74, 6) is 0.450. The summed E-state index contributed by atoms with van der Waals surface area (Å²) >= 11 is 0. The first kappa shape index (κ1) is 11.0. The molecular weight excluding hydrogens is 148 g/mol. The largest absolute Gasteiger partial charge is 0.299 e. The number of rotatable bonds is 4. The first-order chi connectivity index (χ1) is 5.57. The van der Waals surface area contributed by atoms with Crippen LogP contribution >= 0.6 is 0 Å². The first-order valence-corrected chi connectivity index (χ1v) is 4.21. The van der Waals surface area contributed by atoms with Gasteiger partial charge in [0.1, 0.15) is 5.78 Å². The zero-order chi connectivity index (χ0) is 9.56. The molecule has 66 valence electrons. The molecule has 0 atom stereocenters. The van der Waals surface area contributed by atoms with E-state index >= 15 is 0 Å². The van der Waals surface area contributed by atoms with Crippen molar-refractivity contribution in [2.24, 2.45) is 5.92 Å². The standard InChI is InChI=1S/C11H16O/c1-5-6-10(4)7-8-11(12)9(2)3/h9H,1,7-8H2,2-4H3. The van der Waals surface area contributed by atoms with Gasteiger partial charge in [-0.05, 0) is 25.5 Å². The second-order valence-corrected chi connectivity index (χ2v) is 3.20. The lowest BCUT2D eigenvalue weighted by molar-refractivity contribution is -0.121. The topological polar surface area (TPSA) is 17.1 Å². The number of allylic oxidation sites excluding steroid dienone is 1. The normalized spacial score (nSPS) is 9.00. The smallest absolute Gasteiger partial charge is 0.135 e. The molecule has 0 radical (unpaired) electrons. The van der Waals surface area contributed by atoms with Crippen molar-refractivity contribution in [3.63, 3.8) is 0 Å². The fourth-order valence-electron chi connectivity index (χ4n) is 0.813. The third-order valence-electron chi connectivity index (χ3n) is 1.69. The van der Waals surface area contributed by atoms with Gasteiger partial charge in [0, 0.05) is 12.3 Å². The van der Waals surface area contributed by atoms with E-state index in [1.54, 1.807) is 0 Å². The Morgan fingerprint density at radius 2 is 2.00 bits per heavy atom. The van der Waals surface area contributed by atoms with Crippen molar-refractivity contribution in [2.75, 3.05) is 0 Å². The number of carbonyl (C=O) groups is 1. The zero-order valence-electron chi connectivity index (χ0n) is 8.11. The van der Waals surface area contributed by atoms with Gasteiger partial charge in [0.15, 0.2) is 0 Å². The minimum atomic E-state index is 0.144. The summed E-state index contributed by atoms with van der Waals surface area (Å²) in [5.41, 5.74) is 6.46. The Hall–Kier alpha value is -1.03. The maximum atomic E-state index is 11.2. The van der Waals surface area contributed by atoms with Crippen molar-refractivity contribution < 1.29 is 4.79 Å². The van der Waals surface area contributed by atoms with Crippen LogP contribution in [-0.2, 0) is 4.79 Å². The maximum absolute atomic E-state index is 11.2. The highest BCUT2D eigenvalue weighted by Gasteiger charge is 2.06. The summed E-state index contributed by atoms with van der Waals surface area (Å²) in [6, 6.07) is 0. The van der Waals surface area contributed by atoms with Crippen LogP contribution in [0, 0.1) is 5.92 Å². The van der Waals surface area contributed by atoms with Crippen LogP contribution in [-0.4, -0.2) is 5.78 Å². The minimum absolute atomic E-state index is 0.144.